The second-order valence-corrected chi connectivity index (χ2v) is 6.70. The first-order valence-electron chi connectivity index (χ1n) is 8.58. The molecule has 0 unspecified atom stereocenters. The molecule has 2 rings (SSSR count). The maximum absolute atomic E-state index is 11.9. The number of hydrogen-bond acceptors (Lipinski definition) is 3. The number of aryl methyl sites for hydroxylation is 1. The van der Waals surface area contributed by atoms with Crippen molar-refractivity contribution in [1.29, 1.82) is 0 Å². The lowest BCUT2D eigenvalue weighted by Gasteiger charge is -2.22. The van der Waals surface area contributed by atoms with Crippen molar-refractivity contribution in [3.63, 3.8) is 0 Å². The Labute approximate surface area is 146 Å². The fourth-order valence-electron chi connectivity index (χ4n) is 3.15. The van der Waals surface area contributed by atoms with E-state index < -0.39 is 0 Å². The van der Waals surface area contributed by atoms with Crippen LogP contribution >= 0.6 is 12.4 Å². The molecule has 0 radical (unpaired) electrons. The van der Waals surface area contributed by atoms with Crippen molar-refractivity contribution in [2.24, 2.45) is 7.05 Å². The van der Waals surface area contributed by atoms with E-state index in [0.29, 0.717) is 24.9 Å². The van der Waals surface area contributed by atoms with Crippen molar-refractivity contribution in [2.75, 3.05) is 6.54 Å². The molecule has 1 fully saturated rings. The fourth-order valence-corrected chi connectivity index (χ4v) is 3.15. The zero-order valence-corrected chi connectivity index (χ0v) is 15.4. The smallest absolute Gasteiger partial charge is 0.221 e. The van der Waals surface area contributed by atoms with Gasteiger partial charge in [-0.05, 0) is 18.8 Å². The topological polar surface area (TPSA) is 59.0 Å². The number of rotatable bonds is 7. The normalized spacial score (nSPS) is 15.5. The van der Waals surface area contributed by atoms with Crippen LogP contribution < -0.4 is 10.6 Å². The van der Waals surface area contributed by atoms with E-state index >= 15 is 0 Å². The summed E-state index contributed by atoms with van der Waals surface area (Å²) in [5.74, 6) is 0.599. The van der Waals surface area contributed by atoms with Gasteiger partial charge in [-0.15, -0.1) is 12.4 Å². The minimum absolute atomic E-state index is 0. The number of aromatic nitrogens is 2. The van der Waals surface area contributed by atoms with Crippen molar-refractivity contribution in [3.05, 3.63) is 17.5 Å². The maximum atomic E-state index is 11.9. The van der Waals surface area contributed by atoms with Crippen LogP contribution in [0, 0.1) is 0 Å². The average molecular weight is 343 g/mol. The van der Waals surface area contributed by atoms with E-state index in [-0.39, 0.29) is 18.3 Å². The van der Waals surface area contributed by atoms with Gasteiger partial charge in [0.15, 0.2) is 0 Å². The first-order chi connectivity index (χ1) is 10.6. The van der Waals surface area contributed by atoms with E-state index in [1.54, 1.807) is 0 Å². The lowest BCUT2D eigenvalue weighted by Crippen LogP contribution is -2.37. The molecule has 23 heavy (non-hydrogen) atoms. The maximum Gasteiger partial charge on any atom is 0.221 e. The molecule has 1 saturated carbocycles. The molecule has 0 saturated heterocycles. The summed E-state index contributed by atoms with van der Waals surface area (Å²) in [6, 6.07) is 0.409. The number of halogens is 1. The molecule has 1 aliphatic carbocycles. The molecule has 2 N–H and O–H groups in total. The SMILES string of the molecule is CC(C)c1nn(C)cc1CNCCC(=O)NC1CCCCC1.Cl. The van der Waals surface area contributed by atoms with Crippen molar-refractivity contribution in [2.45, 2.75) is 70.9 Å². The van der Waals surface area contributed by atoms with Crippen LogP contribution in [0.5, 0.6) is 0 Å². The molecular formula is C17H31ClN4O. The Morgan fingerprint density at radius 2 is 2.04 bits per heavy atom. The van der Waals surface area contributed by atoms with E-state index in [0.717, 1.165) is 25.1 Å². The largest absolute Gasteiger partial charge is 0.353 e. The lowest BCUT2D eigenvalue weighted by molar-refractivity contribution is -0.121. The van der Waals surface area contributed by atoms with Crippen molar-refractivity contribution < 1.29 is 4.79 Å². The average Bonchev–Trinajstić information content (AvgIpc) is 2.86. The van der Waals surface area contributed by atoms with Crippen molar-refractivity contribution in [1.82, 2.24) is 20.4 Å². The summed E-state index contributed by atoms with van der Waals surface area (Å²) in [5, 5.41) is 11.0. The molecule has 1 aromatic rings. The van der Waals surface area contributed by atoms with Crippen molar-refractivity contribution >= 4 is 18.3 Å². The van der Waals surface area contributed by atoms with Gasteiger partial charge >= 0.3 is 0 Å². The van der Waals surface area contributed by atoms with E-state index in [1.807, 2.05) is 11.7 Å². The highest BCUT2D eigenvalue weighted by atomic mass is 35.5. The van der Waals surface area contributed by atoms with Gasteiger partial charge in [-0.3, -0.25) is 9.48 Å². The van der Waals surface area contributed by atoms with Gasteiger partial charge in [-0.1, -0.05) is 33.1 Å². The third-order valence-electron chi connectivity index (χ3n) is 4.30. The van der Waals surface area contributed by atoms with Crippen LogP contribution in [0.1, 0.15) is 69.5 Å². The monoisotopic (exact) mass is 342 g/mol. The van der Waals surface area contributed by atoms with E-state index in [1.165, 1.54) is 24.8 Å². The molecular weight excluding hydrogens is 312 g/mol. The number of nitrogens with zero attached hydrogens (tertiary/aromatic N) is 2. The Kier molecular flexibility index (Phi) is 8.63. The molecule has 132 valence electrons. The number of hydrogen-bond donors (Lipinski definition) is 2. The highest BCUT2D eigenvalue weighted by Gasteiger charge is 2.15. The van der Waals surface area contributed by atoms with Crippen LogP contribution in [-0.4, -0.2) is 28.3 Å². The van der Waals surface area contributed by atoms with Gasteiger partial charge in [0, 0.05) is 44.4 Å². The predicted octanol–water partition coefficient (Wildman–Crippen LogP) is 2.89. The molecule has 1 aromatic heterocycles. The molecule has 0 aromatic carbocycles. The predicted molar refractivity (Wildman–Crippen MR) is 95.9 cm³/mol. The van der Waals surface area contributed by atoms with Crippen LogP contribution in [0.3, 0.4) is 0 Å². The molecule has 6 heteroatoms. The summed E-state index contributed by atoms with van der Waals surface area (Å²) in [4.78, 5) is 11.9. The second kappa shape index (κ2) is 9.93. The fraction of sp³-hybridized carbons (Fsp3) is 0.765. The van der Waals surface area contributed by atoms with Gasteiger partial charge in [0.25, 0.3) is 0 Å². The zero-order valence-electron chi connectivity index (χ0n) is 14.6. The van der Waals surface area contributed by atoms with Gasteiger partial charge in [-0.2, -0.15) is 5.10 Å². The number of amides is 1. The molecule has 1 heterocycles. The zero-order chi connectivity index (χ0) is 15.9. The summed E-state index contributed by atoms with van der Waals surface area (Å²) in [6.07, 6.45) is 8.72. The van der Waals surface area contributed by atoms with Crippen LogP contribution in [0.4, 0.5) is 0 Å². The Hall–Kier alpha value is -1.07. The molecule has 0 spiro atoms. The Morgan fingerprint density at radius 1 is 1.35 bits per heavy atom. The Balaban J connectivity index is 0.00000264. The highest BCUT2D eigenvalue weighted by molar-refractivity contribution is 5.85. The van der Waals surface area contributed by atoms with Crippen molar-refractivity contribution in [3.8, 4) is 0 Å². The Morgan fingerprint density at radius 3 is 2.70 bits per heavy atom. The van der Waals surface area contributed by atoms with E-state index in [9.17, 15) is 4.79 Å². The van der Waals surface area contributed by atoms with Crippen LogP contribution in [0.25, 0.3) is 0 Å². The summed E-state index contributed by atoms with van der Waals surface area (Å²) < 4.78 is 1.86. The standard InChI is InChI=1S/C17H30N4O.ClH/c1-13(2)17-14(12-21(3)20-17)11-18-10-9-16(22)19-15-7-5-4-6-8-15;/h12-13,15,18H,4-11H2,1-3H3,(H,19,22);1H. The number of carbonyl (C=O) groups excluding carboxylic acids is 1. The molecule has 0 atom stereocenters. The van der Waals surface area contributed by atoms with Gasteiger partial charge in [0.05, 0.1) is 5.69 Å². The first-order valence-corrected chi connectivity index (χ1v) is 8.58. The summed E-state index contributed by atoms with van der Waals surface area (Å²) in [7, 11) is 1.95. The molecule has 0 bridgehead atoms. The molecule has 1 amide bonds. The van der Waals surface area contributed by atoms with E-state index in [2.05, 4.69) is 35.8 Å². The third-order valence-corrected chi connectivity index (χ3v) is 4.30. The van der Waals surface area contributed by atoms with Gasteiger partial charge in [0.1, 0.15) is 0 Å². The molecule has 0 aliphatic heterocycles. The third kappa shape index (κ3) is 6.51. The number of carbonyl (C=O) groups is 1. The lowest BCUT2D eigenvalue weighted by atomic mass is 9.95. The minimum atomic E-state index is 0. The summed E-state index contributed by atoms with van der Waals surface area (Å²) >= 11 is 0. The minimum Gasteiger partial charge on any atom is -0.353 e. The van der Waals surface area contributed by atoms with E-state index in [4.69, 9.17) is 0 Å². The second-order valence-electron chi connectivity index (χ2n) is 6.70. The molecule has 1 aliphatic rings. The Bertz CT molecular complexity index is 481. The first kappa shape index (κ1) is 20.0. The van der Waals surface area contributed by atoms with Crippen LogP contribution in [0.2, 0.25) is 0 Å². The van der Waals surface area contributed by atoms with Gasteiger partial charge in [0.2, 0.25) is 5.91 Å². The van der Waals surface area contributed by atoms with Crippen LogP contribution in [-0.2, 0) is 18.4 Å². The van der Waals surface area contributed by atoms with Crippen LogP contribution in [0.15, 0.2) is 6.20 Å². The number of nitrogens with one attached hydrogen (secondary N) is 2. The van der Waals surface area contributed by atoms with Gasteiger partial charge in [-0.25, -0.2) is 0 Å². The highest BCUT2D eigenvalue weighted by Crippen LogP contribution is 2.18. The quantitative estimate of drug-likeness (QED) is 0.749. The summed E-state index contributed by atoms with van der Waals surface area (Å²) in [6.45, 7) is 5.80. The summed E-state index contributed by atoms with van der Waals surface area (Å²) in [5.41, 5.74) is 2.37. The molecule has 5 nitrogen and oxygen atoms in total. The van der Waals surface area contributed by atoms with Gasteiger partial charge < -0.3 is 10.6 Å².